The lowest BCUT2D eigenvalue weighted by Crippen LogP contribution is -2.23. The van der Waals surface area contributed by atoms with Crippen LogP contribution in [0.2, 0.25) is 0 Å². The van der Waals surface area contributed by atoms with Crippen LogP contribution in [0.1, 0.15) is 30.0 Å². The Labute approximate surface area is 197 Å². The van der Waals surface area contributed by atoms with Crippen LogP contribution in [0.25, 0.3) is 17.1 Å². The number of pyridine rings is 1. The molecule has 0 aliphatic heterocycles. The number of para-hydroxylation sites is 1. The van der Waals surface area contributed by atoms with Gasteiger partial charge in [0.05, 0.1) is 10.9 Å². The van der Waals surface area contributed by atoms with Crippen LogP contribution >= 0.6 is 11.8 Å². The molecule has 0 radical (unpaired) electrons. The van der Waals surface area contributed by atoms with E-state index in [4.69, 9.17) is 0 Å². The van der Waals surface area contributed by atoms with Crippen LogP contribution in [-0.2, 0) is 17.6 Å². The molecule has 0 saturated carbocycles. The highest BCUT2D eigenvalue weighted by atomic mass is 32.2. The molecule has 0 fully saturated rings. The summed E-state index contributed by atoms with van der Waals surface area (Å²) in [4.78, 5) is 17.2. The first-order valence-corrected chi connectivity index (χ1v) is 12.0. The smallest absolute Gasteiger partial charge is 0.237 e. The Morgan fingerprint density at radius 2 is 1.91 bits per heavy atom. The zero-order valence-corrected chi connectivity index (χ0v) is 19.5. The SMILES string of the molecule is Cc1ccccc1-n1c(S[C@@H](C)C(=O)Nc2ccc3c(c2)CCC3)nnc1-c1cccnc1. The summed E-state index contributed by atoms with van der Waals surface area (Å²) in [6, 6.07) is 18.2. The molecular weight excluding hydrogens is 430 g/mol. The second-order valence-corrected chi connectivity index (χ2v) is 9.56. The van der Waals surface area contributed by atoms with Gasteiger partial charge in [-0.1, -0.05) is 36.0 Å². The summed E-state index contributed by atoms with van der Waals surface area (Å²) in [6.45, 7) is 3.95. The zero-order valence-electron chi connectivity index (χ0n) is 18.7. The quantitative estimate of drug-likeness (QED) is 0.402. The Balaban J connectivity index is 1.42. The maximum Gasteiger partial charge on any atom is 0.237 e. The topological polar surface area (TPSA) is 72.7 Å². The van der Waals surface area contributed by atoms with E-state index < -0.39 is 0 Å². The first-order valence-electron chi connectivity index (χ1n) is 11.1. The van der Waals surface area contributed by atoms with Crippen molar-refractivity contribution in [1.82, 2.24) is 19.7 Å². The lowest BCUT2D eigenvalue weighted by atomic mass is 10.1. The molecule has 2 heterocycles. The van der Waals surface area contributed by atoms with Crippen LogP contribution < -0.4 is 5.32 Å². The Hall–Kier alpha value is -3.45. The maximum atomic E-state index is 13.0. The number of aromatic nitrogens is 4. The van der Waals surface area contributed by atoms with E-state index in [-0.39, 0.29) is 11.2 Å². The molecule has 1 atom stereocenters. The second kappa shape index (κ2) is 9.19. The van der Waals surface area contributed by atoms with Gasteiger partial charge in [0.15, 0.2) is 11.0 Å². The van der Waals surface area contributed by atoms with E-state index in [1.54, 1.807) is 12.4 Å². The van der Waals surface area contributed by atoms with Gasteiger partial charge in [-0.3, -0.25) is 14.3 Å². The number of benzene rings is 2. The Bertz CT molecular complexity index is 1300. The Morgan fingerprint density at radius 3 is 2.73 bits per heavy atom. The molecule has 0 saturated heterocycles. The number of nitrogens with zero attached hydrogens (tertiary/aromatic N) is 4. The Morgan fingerprint density at radius 1 is 1.06 bits per heavy atom. The maximum absolute atomic E-state index is 13.0. The summed E-state index contributed by atoms with van der Waals surface area (Å²) in [7, 11) is 0. The lowest BCUT2D eigenvalue weighted by Gasteiger charge is -2.15. The standard InChI is InChI=1S/C26H25N5OS/c1-17-7-3-4-11-23(17)31-24(21-10-6-14-27-16-21)29-30-26(31)33-18(2)25(32)28-22-13-12-19-8-5-9-20(19)15-22/h3-4,6-7,10-16,18H,5,8-9H2,1-2H3,(H,28,32)/t18-/m0/s1. The molecule has 5 rings (SSSR count). The number of anilines is 1. The van der Waals surface area contributed by atoms with Crippen molar-refractivity contribution < 1.29 is 4.79 Å². The molecular formula is C26H25N5OS. The highest BCUT2D eigenvalue weighted by molar-refractivity contribution is 8.00. The van der Waals surface area contributed by atoms with Crippen LogP contribution in [0.4, 0.5) is 5.69 Å². The van der Waals surface area contributed by atoms with Gasteiger partial charge in [-0.05, 0) is 80.1 Å². The minimum atomic E-state index is -0.355. The summed E-state index contributed by atoms with van der Waals surface area (Å²) in [5.41, 5.74) is 6.53. The highest BCUT2D eigenvalue weighted by Gasteiger charge is 2.23. The van der Waals surface area contributed by atoms with Gasteiger partial charge in [-0.25, -0.2) is 0 Å². The van der Waals surface area contributed by atoms with Crippen molar-refractivity contribution in [3.63, 3.8) is 0 Å². The number of aryl methyl sites for hydroxylation is 3. The van der Waals surface area contributed by atoms with Gasteiger partial charge in [-0.2, -0.15) is 0 Å². The molecule has 2 aromatic carbocycles. The van der Waals surface area contributed by atoms with Gasteiger partial charge in [0.2, 0.25) is 5.91 Å². The predicted octanol–water partition coefficient (Wildman–Crippen LogP) is 5.25. The summed E-state index contributed by atoms with van der Waals surface area (Å²) in [5, 5.41) is 12.3. The van der Waals surface area contributed by atoms with Gasteiger partial charge in [0, 0.05) is 23.6 Å². The van der Waals surface area contributed by atoms with Crippen LogP contribution in [0, 0.1) is 6.92 Å². The number of hydrogen-bond acceptors (Lipinski definition) is 5. The molecule has 1 N–H and O–H groups in total. The van der Waals surface area contributed by atoms with Crippen LogP contribution in [0.15, 0.2) is 72.1 Å². The third-order valence-electron chi connectivity index (χ3n) is 5.93. The number of rotatable bonds is 6. The number of amides is 1. The van der Waals surface area contributed by atoms with Gasteiger partial charge in [0.25, 0.3) is 0 Å². The average molecular weight is 456 g/mol. The van der Waals surface area contributed by atoms with Crippen LogP contribution in [0.3, 0.4) is 0 Å². The largest absolute Gasteiger partial charge is 0.325 e. The van der Waals surface area contributed by atoms with Gasteiger partial charge >= 0.3 is 0 Å². The van der Waals surface area contributed by atoms with Crippen molar-refractivity contribution in [2.75, 3.05) is 5.32 Å². The van der Waals surface area contributed by atoms with E-state index in [2.05, 4.69) is 45.6 Å². The molecule has 7 heteroatoms. The average Bonchev–Trinajstić information content (AvgIpc) is 3.46. The fourth-order valence-electron chi connectivity index (χ4n) is 4.16. The molecule has 4 aromatic rings. The summed E-state index contributed by atoms with van der Waals surface area (Å²) >= 11 is 1.40. The monoisotopic (exact) mass is 455 g/mol. The van der Waals surface area contributed by atoms with E-state index in [0.29, 0.717) is 11.0 Å². The number of hydrogen-bond donors (Lipinski definition) is 1. The number of thioether (sulfide) groups is 1. The highest BCUT2D eigenvalue weighted by Crippen LogP contribution is 2.32. The minimum absolute atomic E-state index is 0.0554. The van der Waals surface area contributed by atoms with Crippen molar-refractivity contribution in [2.24, 2.45) is 0 Å². The molecule has 0 bridgehead atoms. The van der Waals surface area contributed by atoms with E-state index in [9.17, 15) is 4.79 Å². The second-order valence-electron chi connectivity index (χ2n) is 8.26. The summed E-state index contributed by atoms with van der Waals surface area (Å²) < 4.78 is 2.01. The molecule has 33 heavy (non-hydrogen) atoms. The first-order chi connectivity index (χ1) is 16.1. The predicted molar refractivity (Wildman–Crippen MR) is 132 cm³/mol. The van der Waals surface area contributed by atoms with Crippen molar-refractivity contribution in [2.45, 2.75) is 43.5 Å². The van der Waals surface area contributed by atoms with Crippen LogP contribution in [-0.4, -0.2) is 30.9 Å². The van der Waals surface area contributed by atoms with E-state index in [1.807, 2.05) is 47.9 Å². The van der Waals surface area contributed by atoms with E-state index in [1.165, 1.54) is 29.3 Å². The molecule has 6 nitrogen and oxygen atoms in total. The fourth-order valence-corrected chi connectivity index (χ4v) is 5.03. The molecule has 0 unspecified atom stereocenters. The third-order valence-corrected chi connectivity index (χ3v) is 6.97. The molecule has 1 aliphatic rings. The van der Waals surface area contributed by atoms with E-state index >= 15 is 0 Å². The minimum Gasteiger partial charge on any atom is -0.325 e. The number of fused-ring (bicyclic) bond motifs is 1. The number of carbonyl (C=O) groups excluding carboxylic acids is 1. The number of carbonyl (C=O) groups is 1. The fraction of sp³-hybridized carbons (Fsp3) is 0.231. The number of nitrogens with one attached hydrogen (secondary N) is 1. The molecule has 0 spiro atoms. The van der Waals surface area contributed by atoms with Crippen LogP contribution in [0.5, 0.6) is 0 Å². The van der Waals surface area contributed by atoms with Gasteiger partial charge in [-0.15, -0.1) is 10.2 Å². The summed E-state index contributed by atoms with van der Waals surface area (Å²) in [5.74, 6) is 0.645. The van der Waals surface area contributed by atoms with Crippen molar-refractivity contribution in [3.05, 3.63) is 83.7 Å². The van der Waals surface area contributed by atoms with Gasteiger partial charge < -0.3 is 5.32 Å². The summed E-state index contributed by atoms with van der Waals surface area (Å²) in [6.07, 6.45) is 6.91. The zero-order chi connectivity index (χ0) is 22.8. The van der Waals surface area contributed by atoms with Crippen molar-refractivity contribution in [3.8, 4) is 17.1 Å². The molecule has 1 aliphatic carbocycles. The van der Waals surface area contributed by atoms with E-state index in [0.717, 1.165) is 35.3 Å². The molecule has 1 amide bonds. The van der Waals surface area contributed by atoms with Crippen molar-refractivity contribution >= 4 is 23.4 Å². The van der Waals surface area contributed by atoms with Crippen molar-refractivity contribution in [1.29, 1.82) is 0 Å². The first kappa shape index (κ1) is 21.4. The molecule has 166 valence electrons. The van der Waals surface area contributed by atoms with Gasteiger partial charge in [0.1, 0.15) is 0 Å². The Kier molecular flexibility index (Phi) is 5.96. The third kappa shape index (κ3) is 4.41. The lowest BCUT2D eigenvalue weighted by molar-refractivity contribution is -0.115. The normalized spacial score (nSPS) is 13.5. The molecule has 2 aromatic heterocycles.